The number of urea groups is 1. The predicted octanol–water partition coefficient (Wildman–Crippen LogP) is 2.54. The molecular weight excluding hydrogens is 1390 g/mol. The van der Waals surface area contributed by atoms with Gasteiger partial charge in [-0.25, -0.2) is 9.59 Å². The molecule has 9 amide bonds. The third-order valence-corrected chi connectivity index (χ3v) is 17.5. The molecule has 0 radical (unpaired) electrons. The lowest BCUT2D eigenvalue weighted by Gasteiger charge is -2.27. The number of benzene rings is 1. The van der Waals surface area contributed by atoms with Gasteiger partial charge in [0.15, 0.2) is 0 Å². The number of hydrazone groups is 1. The molecule has 3 aliphatic rings. The summed E-state index contributed by atoms with van der Waals surface area (Å²) in [6.07, 6.45) is 8.14. The molecule has 0 bridgehead atoms. The van der Waals surface area contributed by atoms with Gasteiger partial charge in [-0.2, -0.15) is 5.10 Å². The van der Waals surface area contributed by atoms with Gasteiger partial charge in [-0.15, -0.1) is 11.8 Å². The Morgan fingerprint density at radius 3 is 1.72 bits per heavy atom. The SMILES string of the molecule is CC(=O)OCc1ccc(NC(=O)[C@H](CCCNC(N)=O)NC(=O)[C@@H](NC(=O)[C@@H](CCCCNC(=O)COC2CCCCCC(=NCCOCCOCCOCCOCCC(=O)NCC[N+](C)(C)C)C2=NN)NC(=O)CCOCCOCCOCCOCCNC(=O)OCC2[C@H]3CCC#CCC[C@@H]23)C(C)C)cc1. The van der Waals surface area contributed by atoms with Crippen molar-refractivity contribution in [1.82, 2.24) is 37.2 Å². The monoisotopic (exact) mass is 1510 g/mol. The normalized spacial score (nSPS) is 17.9. The number of carbonyl (C=O) groups excluding carboxylic acids is 9. The standard InChI is InChI=1S/C74H123N13O20/c1-54(2)68(72(94)84-63(21-16-30-80-73(75)95)70(92)82-57-25-23-56(24-26-57)51-105-55(3)88)85-71(93)62(83-66(90)28-36-98-40-44-102-48-50-104-46-42-100-38-33-81-74(96)107-52-60-58-17-10-7-8-11-18-59(58)60)20-14-15-29-78-67(91)53-106-64-22-13-9-12-19-61(69(64)86-76)77-32-37-99-41-45-103-49-47-101-43-39-97-35-27-65(89)79-31-34-87(4,5)6/h23-26,54,58-60,62-64,68H,9-22,27-53H2,1-6H3,(H11-,75,76,77,78,79,80,81,82,83,84,85,89,90,91,92,93,94,95,96)/p+1/t58-,59+,60?,62-,63+,64?,68+/m1/s1. The molecule has 1 aromatic carbocycles. The van der Waals surface area contributed by atoms with E-state index in [2.05, 4.69) is 80.6 Å². The number of aliphatic imine (C=N–C) groups is 1. The van der Waals surface area contributed by atoms with Crippen LogP contribution in [0.25, 0.3) is 0 Å². The average molecular weight is 1520 g/mol. The number of rotatable bonds is 57. The Balaban J connectivity index is 1.21. The minimum absolute atomic E-state index is 0.00326. The molecule has 2 saturated carbocycles. The van der Waals surface area contributed by atoms with Crippen molar-refractivity contribution in [3.8, 4) is 11.8 Å². The van der Waals surface area contributed by atoms with Gasteiger partial charge in [0, 0.05) is 57.9 Å². The molecule has 0 spiro atoms. The summed E-state index contributed by atoms with van der Waals surface area (Å²) in [6, 6.07) is 2.33. The Labute approximate surface area is 631 Å². The molecular formula is C74H124N13O20+. The quantitative estimate of drug-likeness (QED) is 0.0112. The molecule has 4 rings (SSSR count). The van der Waals surface area contributed by atoms with E-state index in [-0.39, 0.29) is 90.2 Å². The second kappa shape index (κ2) is 55.7. The Kier molecular flexibility index (Phi) is 47.8. The van der Waals surface area contributed by atoms with E-state index in [0.29, 0.717) is 178 Å². The minimum Gasteiger partial charge on any atom is -0.461 e. The van der Waals surface area contributed by atoms with Crippen LogP contribution in [0.4, 0.5) is 15.3 Å². The van der Waals surface area contributed by atoms with Crippen LogP contribution in [-0.4, -0.2) is 273 Å². The van der Waals surface area contributed by atoms with E-state index >= 15 is 0 Å². The molecule has 0 aromatic heterocycles. The fourth-order valence-corrected chi connectivity index (χ4v) is 11.6. The molecule has 12 N–H and O–H groups in total. The molecule has 33 heteroatoms. The molecule has 0 heterocycles. The second-order valence-corrected chi connectivity index (χ2v) is 27.6. The van der Waals surface area contributed by atoms with Gasteiger partial charge >= 0.3 is 18.1 Å². The van der Waals surface area contributed by atoms with Crippen molar-refractivity contribution in [1.29, 1.82) is 0 Å². The first-order chi connectivity index (χ1) is 51.6. The fourth-order valence-electron chi connectivity index (χ4n) is 11.6. The highest BCUT2D eigenvalue weighted by molar-refractivity contribution is 6.44. The van der Waals surface area contributed by atoms with E-state index < -0.39 is 71.9 Å². The number of nitrogens with zero attached hydrogens (tertiary/aromatic N) is 3. The zero-order valence-electron chi connectivity index (χ0n) is 64.1. The third kappa shape index (κ3) is 43.8. The highest BCUT2D eigenvalue weighted by Crippen LogP contribution is 2.52. The molecule has 0 saturated heterocycles. The number of nitrogens with one attached hydrogen (secondary N) is 8. The molecule has 107 heavy (non-hydrogen) atoms. The lowest BCUT2D eigenvalue weighted by Crippen LogP contribution is -2.57. The van der Waals surface area contributed by atoms with Crippen molar-refractivity contribution < 1.29 is 99.7 Å². The van der Waals surface area contributed by atoms with Gasteiger partial charge in [-0.1, -0.05) is 38.8 Å². The van der Waals surface area contributed by atoms with Crippen molar-refractivity contribution in [2.75, 3.05) is 185 Å². The smallest absolute Gasteiger partial charge is 0.407 e. The molecule has 7 atom stereocenters. The van der Waals surface area contributed by atoms with Crippen LogP contribution in [0.2, 0.25) is 0 Å². The van der Waals surface area contributed by atoms with Crippen molar-refractivity contribution in [2.24, 2.45) is 45.3 Å². The Bertz CT molecular complexity index is 2890. The first-order valence-electron chi connectivity index (χ1n) is 37.9. The number of carbonyl (C=O) groups is 9. The van der Waals surface area contributed by atoms with E-state index in [1.165, 1.54) is 6.92 Å². The van der Waals surface area contributed by atoms with Crippen LogP contribution in [0.3, 0.4) is 0 Å². The van der Waals surface area contributed by atoms with Crippen LogP contribution in [0, 0.1) is 35.5 Å². The number of quaternary nitrogens is 1. The topological polar surface area (TPSA) is 428 Å². The van der Waals surface area contributed by atoms with E-state index in [1.807, 2.05) is 0 Å². The maximum Gasteiger partial charge on any atom is 0.407 e. The predicted molar refractivity (Wildman–Crippen MR) is 399 cm³/mol. The van der Waals surface area contributed by atoms with Crippen molar-refractivity contribution >= 4 is 70.6 Å². The zero-order valence-corrected chi connectivity index (χ0v) is 64.1. The average Bonchev–Trinajstić information content (AvgIpc) is 1.63. The zero-order chi connectivity index (χ0) is 77.7. The largest absolute Gasteiger partial charge is 0.461 e. The van der Waals surface area contributed by atoms with E-state index in [1.54, 1.807) is 38.1 Å². The summed E-state index contributed by atoms with van der Waals surface area (Å²) in [5.74, 6) is 10.2. The van der Waals surface area contributed by atoms with E-state index in [0.717, 1.165) is 56.0 Å². The van der Waals surface area contributed by atoms with Crippen molar-refractivity contribution in [2.45, 2.75) is 154 Å². The highest BCUT2D eigenvalue weighted by Gasteiger charge is 2.49. The molecule has 1 aromatic rings. The van der Waals surface area contributed by atoms with E-state index in [9.17, 15) is 43.2 Å². The summed E-state index contributed by atoms with van der Waals surface area (Å²) >= 11 is 0. The number of primary amides is 1. The maximum absolute atomic E-state index is 14.3. The number of fused-ring (bicyclic) bond motifs is 1. The van der Waals surface area contributed by atoms with Gasteiger partial charge in [0.1, 0.15) is 43.2 Å². The molecule has 0 aliphatic heterocycles. The number of ether oxygens (including phenoxy) is 11. The van der Waals surface area contributed by atoms with Gasteiger partial charge < -0.3 is 111 Å². The summed E-state index contributed by atoms with van der Waals surface area (Å²) in [5, 5.41) is 26.2. The van der Waals surface area contributed by atoms with Crippen LogP contribution < -0.4 is 54.1 Å². The van der Waals surface area contributed by atoms with Crippen LogP contribution in [0.5, 0.6) is 0 Å². The summed E-state index contributed by atoms with van der Waals surface area (Å²) in [7, 11) is 6.22. The molecule has 2 fully saturated rings. The number of esters is 1. The molecule has 604 valence electrons. The summed E-state index contributed by atoms with van der Waals surface area (Å²) in [5.41, 5.74) is 7.51. The number of anilines is 1. The van der Waals surface area contributed by atoms with Gasteiger partial charge in [-0.05, 0) is 106 Å². The first kappa shape index (κ1) is 91.7. The van der Waals surface area contributed by atoms with Crippen molar-refractivity contribution in [3.63, 3.8) is 0 Å². The minimum atomic E-state index is -1.19. The Hall–Kier alpha value is -7.65. The Morgan fingerprint density at radius 1 is 0.570 bits per heavy atom. The van der Waals surface area contributed by atoms with Crippen LogP contribution in [0.1, 0.15) is 129 Å². The van der Waals surface area contributed by atoms with E-state index in [4.69, 9.17) is 68.7 Å². The summed E-state index contributed by atoms with van der Waals surface area (Å²) in [4.78, 5) is 121. The number of nitrogens with two attached hydrogens (primary N) is 2. The van der Waals surface area contributed by atoms with Gasteiger partial charge in [0.05, 0.1) is 159 Å². The Morgan fingerprint density at radius 2 is 1.13 bits per heavy atom. The number of likely N-dealkylation sites (N-methyl/N-ethyl adjacent to an activating group) is 1. The maximum atomic E-state index is 14.3. The number of hydrogen-bond donors (Lipinski definition) is 10. The second-order valence-electron chi connectivity index (χ2n) is 27.6. The molecule has 2 unspecified atom stereocenters. The van der Waals surface area contributed by atoms with Gasteiger partial charge in [-0.3, -0.25) is 38.6 Å². The lowest BCUT2D eigenvalue weighted by atomic mass is 9.95. The van der Waals surface area contributed by atoms with Gasteiger partial charge in [0.2, 0.25) is 35.4 Å². The van der Waals surface area contributed by atoms with Crippen LogP contribution in [-0.2, 0) is 92.3 Å². The highest BCUT2D eigenvalue weighted by atomic mass is 16.6. The lowest BCUT2D eigenvalue weighted by molar-refractivity contribution is -0.869. The fraction of sp³-hybridized carbons (Fsp3) is 0.743. The van der Waals surface area contributed by atoms with Crippen LogP contribution in [0.15, 0.2) is 34.4 Å². The van der Waals surface area contributed by atoms with Crippen LogP contribution >= 0.6 is 0 Å². The van der Waals surface area contributed by atoms with Gasteiger partial charge in [0.25, 0.3) is 0 Å². The molecule has 33 nitrogen and oxygen atoms in total. The number of unbranched alkanes of at least 4 members (excludes halogenated alkanes) is 1. The third-order valence-electron chi connectivity index (χ3n) is 17.5. The summed E-state index contributed by atoms with van der Waals surface area (Å²) in [6.45, 7) is 12.2. The number of hydrogen-bond acceptors (Lipinski definition) is 23. The molecule has 3 aliphatic carbocycles. The number of alkyl carbamates (subject to hydrolysis) is 1. The number of amides is 9. The summed E-state index contributed by atoms with van der Waals surface area (Å²) < 4.78 is 62.3. The first-order valence-corrected chi connectivity index (χ1v) is 37.9. The van der Waals surface area contributed by atoms with Crippen molar-refractivity contribution in [3.05, 3.63) is 29.8 Å².